The molecule has 144 valence electrons. The number of hydrogen-bond donors (Lipinski definition) is 1. The van der Waals surface area contributed by atoms with Crippen molar-refractivity contribution in [1.29, 1.82) is 0 Å². The Kier molecular flexibility index (Phi) is 12.4. The first-order valence-corrected chi connectivity index (χ1v) is 11.9. The van der Waals surface area contributed by atoms with Crippen molar-refractivity contribution in [2.45, 2.75) is 96.4 Å². The Morgan fingerprint density at radius 2 is 1.32 bits per heavy atom. The van der Waals surface area contributed by atoms with Crippen LogP contribution in [0.15, 0.2) is 27.1 Å². The van der Waals surface area contributed by atoms with E-state index < -0.39 is 0 Å². The summed E-state index contributed by atoms with van der Waals surface area (Å²) in [6.45, 7) is 4.58. The largest absolute Gasteiger partial charge is 0.340 e. The molecular formula is C22H38Br2N+. The van der Waals surface area contributed by atoms with Crippen molar-refractivity contribution in [2.24, 2.45) is 0 Å². The number of benzene rings is 1. The fourth-order valence-corrected chi connectivity index (χ4v) is 4.84. The van der Waals surface area contributed by atoms with Crippen LogP contribution in [0.2, 0.25) is 0 Å². The summed E-state index contributed by atoms with van der Waals surface area (Å²) >= 11 is 7.57. The van der Waals surface area contributed by atoms with E-state index in [9.17, 15) is 0 Å². The molecule has 0 bridgehead atoms. The SMILES string of the molecule is CCCCCCCCC(CCCCCC)([NH2+]C)c1cccc(Br)c1Br. The maximum absolute atomic E-state index is 3.86. The molecule has 1 nitrogen and oxygen atoms in total. The van der Waals surface area contributed by atoms with E-state index >= 15 is 0 Å². The third-order valence-electron chi connectivity index (χ3n) is 5.49. The summed E-state index contributed by atoms with van der Waals surface area (Å²) in [5.74, 6) is 0. The highest BCUT2D eigenvalue weighted by Gasteiger charge is 2.35. The zero-order chi connectivity index (χ0) is 18.5. The van der Waals surface area contributed by atoms with Crippen LogP contribution in [0.4, 0.5) is 0 Å². The van der Waals surface area contributed by atoms with Crippen LogP contribution >= 0.6 is 31.9 Å². The molecule has 25 heavy (non-hydrogen) atoms. The van der Waals surface area contributed by atoms with Gasteiger partial charge in [0.15, 0.2) is 0 Å². The van der Waals surface area contributed by atoms with Gasteiger partial charge in [-0.2, -0.15) is 0 Å². The number of rotatable bonds is 14. The van der Waals surface area contributed by atoms with Crippen molar-refractivity contribution in [3.8, 4) is 0 Å². The van der Waals surface area contributed by atoms with Crippen LogP contribution in [-0.2, 0) is 5.54 Å². The van der Waals surface area contributed by atoms with Crippen molar-refractivity contribution in [3.05, 3.63) is 32.7 Å². The van der Waals surface area contributed by atoms with Crippen molar-refractivity contribution < 1.29 is 5.32 Å². The molecule has 0 amide bonds. The Morgan fingerprint density at radius 3 is 1.88 bits per heavy atom. The van der Waals surface area contributed by atoms with Gasteiger partial charge in [0.25, 0.3) is 0 Å². The number of nitrogens with two attached hydrogens (primary N) is 1. The molecule has 0 aromatic heterocycles. The second-order valence-corrected chi connectivity index (χ2v) is 9.02. The van der Waals surface area contributed by atoms with E-state index in [2.05, 4.69) is 76.3 Å². The molecule has 0 aliphatic rings. The zero-order valence-corrected chi connectivity index (χ0v) is 19.7. The Bertz CT molecular complexity index is 475. The monoisotopic (exact) mass is 474 g/mol. The van der Waals surface area contributed by atoms with Gasteiger partial charge in [0, 0.05) is 27.4 Å². The highest BCUT2D eigenvalue weighted by Crippen LogP contribution is 2.37. The van der Waals surface area contributed by atoms with Crippen LogP contribution in [0.3, 0.4) is 0 Å². The van der Waals surface area contributed by atoms with Gasteiger partial charge in [-0.1, -0.05) is 77.3 Å². The number of hydrogen-bond acceptors (Lipinski definition) is 0. The van der Waals surface area contributed by atoms with Gasteiger partial charge >= 0.3 is 0 Å². The first-order chi connectivity index (χ1) is 12.1. The minimum absolute atomic E-state index is 0.209. The smallest absolute Gasteiger partial charge is 0.123 e. The maximum atomic E-state index is 3.86. The molecule has 1 rings (SSSR count). The molecule has 0 saturated heterocycles. The van der Waals surface area contributed by atoms with E-state index in [0.29, 0.717) is 0 Å². The van der Waals surface area contributed by atoms with Crippen molar-refractivity contribution in [2.75, 3.05) is 7.05 Å². The highest BCUT2D eigenvalue weighted by atomic mass is 79.9. The lowest BCUT2D eigenvalue weighted by atomic mass is 9.80. The van der Waals surface area contributed by atoms with E-state index in [0.717, 1.165) is 0 Å². The molecule has 0 saturated carbocycles. The minimum atomic E-state index is 0.209. The lowest BCUT2D eigenvalue weighted by molar-refractivity contribution is -0.716. The predicted molar refractivity (Wildman–Crippen MR) is 118 cm³/mol. The number of unbranched alkanes of at least 4 members (excludes halogenated alkanes) is 8. The van der Waals surface area contributed by atoms with Crippen LogP contribution < -0.4 is 5.32 Å². The summed E-state index contributed by atoms with van der Waals surface area (Å²) in [5, 5.41) is 2.48. The average molecular weight is 476 g/mol. The molecule has 0 fully saturated rings. The molecular weight excluding hydrogens is 438 g/mol. The second-order valence-electron chi connectivity index (χ2n) is 7.37. The molecule has 0 radical (unpaired) electrons. The molecule has 1 aromatic rings. The Hall–Kier alpha value is 0.140. The Morgan fingerprint density at radius 1 is 0.800 bits per heavy atom. The van der Waals surface area contributed by atoms with Gasteiger partial charge in [0.05, 0.1) is 7.05 Å². The molecule has 3 heteroatoms. The summed E-state index contributed by atoms with van der Waals surface area (Å²) in [6, 6.07) is 6.65. The van der Waals surface area contributed by atoms with E-state index in [4.69, 9.17) is 0 Å². The lowest BCUT2D eigenvalue weighted by Gasteiger charge is -2.32. The summed E-state index contributed by atoms with van der Waals surface area (Å²) in [4.78, 5) is 0. The molecule has 2 N–H and O–H groups in total. The summed E-state index contributed by atoms with van der Waals surface area (Å²) in [5.41, 5.74) is 1.68. The van der Waals surface area contributed by atoms with Gasteiger partial charge in [-0.05, 0) is 50.8 Å². The van der Waals surface area contributed by atoms with E-state index in [-0.39, 0.29) is 5.54 Å². The molecule has 1 unspecified atom stereocenters. The summed E-state index contributed by atoms with van der Waals surface area (Å²) < 4.78 is 2.42. The first kappa shape index (κ1) is 23.2. The Labute approximate surface area is 173 Å². The van der Waals surface area contributed by atoms with Crippen molar-refractivity contribution in [3.63, 3.8) is 0 Å². The van der Waals surface area contributed by atoms with Crippen LogP contribution in [0, 0.1) is 0 Å². The summed E-state index contributed by atoms with van der Waals surface area (Å²) in [6.07, 6.45) is 16.1. The van der Waals surface area contributed by atoms with Gasteiger partial charge in [-0.25, -0.2) is 0 Å². The normalized spacial score (nSPS) is 13.8. The van der Waals surface area contributed by atoms with E-state index in [1.807, 2.05) is 0 Å². The first-order valence-electron chi connectivity index (χ1n) is 10.4. The molecule has 1 atom stereocenters. The van der Waals surface area contributed by atoms with Crippen LogP contribution in [0.1, 0.15) is 96.5 Å². The van der Waals surface area contributed by atoms with Gasteiger partial charge in [0.1, 0.15) is 5.54 Å². The van der Waals surface area contributed by atoms with Crippen molar-refractivity contribution in [1.82, 2.24) is 0 Å². The van der Waals surface area contributed by atoms with Crippen LogP contribution in [0.25, 0.3) is 0 Å². The number of halogens is 2. The third kappa shape index (κ3) is 7.72. The van der Waals surface area contributed by atoms with E-state index in [1.165, 1.54) is 91.6 Å². The second kappa shape index (κ2) is 13.3. The minimum Gasteiger partial charge on any atom is -0.340 e. The molecule has 1 aromatic carbocycles. The quantitative estimate of drug-likeness (QED) is 0.271. The topological polar surface area (TPSA) is 16.6 Å². The standard InChI is InChI=1S/C22H37Br2N/c1-4-6-8-10-11-13-18-22(25-3,17-12-9-7-5-2)19-15-14-16-20(23)21(19)24/h14-16,25H,4-13,17-18H2,1-3H3/p+1. The van der Waals surface area contributed by atoms with Crippen LogP contribution in [0.5, 0.6) is 0 Å². The third-order valence-corrected chi connectivity index (χ3v) is 7.54. The van der Waals surface area contributed by atoms with Crippen molar-refractivity contribution >= 4 is 31.9 Å². The molecule has 0 aliphatic carbocycles. The van der Waals surface area contributed by atoms with Gasteiger partial charge in [-0.15, -0.1) is 0 Å². The average Bonchev–Trinajstić information content (AvgIpc) is 2.62. The fourth-order valence-electron chi connectivity index (χ4n) is 3.81. The Balaban J connectivity index is 2.82. The van der Waals surface area contributed by atoms with Gasteiger partial charge < -0.3 is 5.32 Å². The van der Waals surface area contributed by atoms with Gasteiger partial charge in [-0.3, -0.25) is 0 Å². The zero-order valence-electron chi connectivity index (χ0n) is 16.6. The molecule has 0 heterocycles. The predicted octanol–water partition coefficient (Wildman–Crippen LogP) is 7.32. The lowest BCUT2D eigenvalue weighted by Crippen LogP contribution is -2.91. The summed E-state index contributed by atoms with van der Waals surface area (Å²) in [7, 11) is 2.27. The fraction of sp³-hybridized carbons (Fsp3) is 0.727. The highest BCUT2D eigenvalue weighted by molar-refractivity contribution is 9.13. The molecule has 0 aliphatic heterocycles. The van der Waals surface area contributed by atoms with Crippen LogP contribution in [-0.4, -0.2) is 7.05 Å². The maximum Gasteiger partial charge on any atom is 0.123 e. The number of quaternary nitrogens is 1. The molecule has 0 spiro atoms. The van der Waals surface area contributed by atoms with E-state index in [1.54, 1.807) is 0 Å². The van der Waals surface area contributed by atoms with Gasteiger partial charge in [0.2, 0.25) is 0 Å².